The van der Waals surface area contributed by atoms with Crippen LogP contribution in [0.25, 0.3) is 0 Å². The maximum absolute atomic E-state index is 12.8. The summed E-state index contributed by atoms with van der Waals surface area (Å²) < 4.78 is 1.65. The van der Waals surface area contributed by atoms with Crippen molar-refractivity contribution in [3.8, 4) is 0 Å². The topological polar surface area (TPSA) is 87.5 Å². The number of aliphatic hydroxyl groups excluding tert-OH is 1. The van der Waals surface area contributed by atoms with Gasteiger partial charge in [0.1, 0.15) is 5.69 Å². The molecule has 0 unspecified atom stereocenters. The summed E-state index contributed by atoms with van der Waals surface area (Å²) in [6.45, 7) is 7.25. The van der Waals surface area contributed by atoms with Crippen LogP contribution in [0.3, 0.4) is 0 Å². The summed E-state index contributed by atoms with van der Waals surface area (Å²) in [5.74, 6) is 0.770. The molecule has 2 heterocycles. The van der Waals surface area contributed by atoms with Crippen molar-refractivity contribution in [3.05, 3.63) is 17.0 Å². The molecule has 0 aromatic carbocycles. The highest BCUT2D eigenvalue weighted by Crippen LogP contribution is 2.25. The van der Waals surface area contributed by atoms with Crippen molar-refractivity contribution in [3.63, 3.8) is 0 Å². The van der Waals surface area contributed by atoms with Gasteiger partial charge in [-0.2, -0.15) is 5.10 Å². The Labute approximate surface area is 167 Å². The molecule has 7 heteroatoms. The maximum Gasteiger partial charge on any atom is 0.270 e. The molecular weight excluding hydrogens is 356 g/mol. The van der Waals surface area contributed by atoms with Gasteiger partial charge in [0, 0.05) is 32.1 Å². The first kappa shape index (κ1) is 20.8. The number of fused-ring (bicyclic) bond motifs is 1. The van der Waals surface area contributed by atoms with Gasteiger partial charge in [0.15, 0.2) is 0 Å². The molecule has 1 aliphatic heterocycles. The molecule has 28 heavy (non-hydrogen) atoms. The molecule has 0 spiro atoms. The Morgan fingerprint density at radius 1 is 1.32 bits per heavy atom. The first-order chi connectivity index (χ1) is 13.3. The number of β-amino-alcohol motifs (C(OH)–C–C–N with tert-alkyl or cyclic N) is 1. The number of carbonyl (C=O) groups is 2. The van der Waals surface area contributed by atoms with Crippen molar-refractivity contribution < 1.29 is 14.7 Å². The van der Waals surface area contributed by atoms with E-state index in [1.807, 2.05) is 0 Å². The number of aromatic nitrogens is 2. The zero-order valence-electron chi connectivity index (χ0n) is 17.6. The van der Waals surface area contributed by atoms with Crippen LogP contribution in [-0.4, -0.2) is 56.8 Å². The largest absolute Gasteiger partial charge is 0.389 e. The number of aliphatic hydroxyl groups is 1. The predicted octanol–water partition coefficient (Wildman–Crippen LogP) is 1.67. The van der Waals surface area contributed by atoms with E-state index in [-0.39, 0.29) is 24.4 Å². The number of hydrogen-bond acceptors (Lipinski definition) is 4. The Balaban J connectivity index is 1.57. The third-order valence-corrected chi connectivity index (χ3v) is 6.44. The molecule has 2 aliphatic rings. The molecule has 1 aromatic rings. The van der Waals surface area contributed by atoms with E-state index in [1.54, 1.807) is 16.6 Å². The summed E-state index contributed by atoms with van der Waals surface area (Å²) in [7, 11) is 1.80. The van der Waals surface area contributed by atoms with Gasteiger partial charge in [-0.15, -0.1) is 0 Å². The highest BCUT2D eigenvalue weighted by Gasteiger charge is 2.34. The predicted molar refractivity (Wildman–Crippen MR) is 107 cm³/mol. The lowest BCUT2D eigenvalue weighted by Gasteiger charge is -2.37. The van der Waals surface area contributed by atoms with Crippen LogP contribution in [0, 0.1) is 11.8 Å². The molecule has 2 amide bonds. The molecule has 3 atom stereocenters. The molecular formula is C21H34N4O3. The average Bonchev–Trinajstić information content (AvgIpc) is 3.20. The molecule has 1 aromatic heterocycles. The smallest absolute Gasteiger partial charge is 0.270 e. The number of nitrogens with zero attached hydrogens (tertiary/aromatic N) is 3. The lowest BCUT2D eigenvalue weighted by atomic mass is 9.89. The van der Waals surface area contributed by atoms with Crippen molar-refractivity contribution in [1.29, 1.82) is 0 Å². The van der Waals surface area contributed by atoms with Crippen LogP contribution in [0.2, 0.25) is 0 Å². The number of rotatable bonds is 6. The minimum Gasteiger partial charge on any atom is -0.389 e. The van der Waals surface area contributed by atoms with Gasteiger partial charge in [-0.25, -0.2) is 0 Å². The third-order valence-electron chi connectivity index (χ3n) is 6.44. The fourth-order valence-corrected chi connectivity index (χ4v) is 4.57. The normalized spacial score (nSPS) is 23.0. The van der Waals surface area contributed by atoms with Crippen LogP contribution in [-0.2, 0) is 24.7 Å². The van der Waals surface area contributed by atoms with Gasteiger partial charge < -0.3 is 15.3 Å². The molecule has 0 saturated carbocycles. The highest BCUT2D eigenvalue weighted by molar-refractivity contribution is 5.94. The second-order valence-electron chi connectivity index (χ2n) is 8.64. The Kier molecular flexibility index (Phi) is 6.43. The second-order valence-corrected chi connectivity index (χ2v) is 8.64. The Bertz CT molecular complexity index is 727. The van der Waals surface area contributed by atoms with Crippen LogP contribution in [0.5, 0.6) is 0 Å². The molecule has 0 radical (unpaired) electrons. The third kappa shape index (κ3) is 4.24. The zero-order valence-corrected chi connectivity index (χ0v) is 17.6. The number of amides is 2. The number of likely N-dealkylation sites (tertiary alicyclic amines) is 1. The van der Waals surface area contributed by atoms with Crippen molar-refractivity contribution in [1.82, 2.24) is 20.0 Å². The van der Waals surface area contributed by atoms with Gasteiger partial charge in [-0.3, -0.25) is 14.3 Å². The number of piperidine rings is 1. The average molecular weight is 391 g/mol. The molecule has 3 rings (SSSR count). The van der Waals surface area contributed by atoms with Gasteiger partial charge in [-0.1, -0.05) is 27.2 Å². The van der Waals surface area contributed by atoms with E-state index in [4.69, 9.17) is 0 Å². The van der Waals surface area contributed by atoms with Gasteiger partial charge in [0.2, 0.25) is 5.91 Å². The van der Waals surface area contributed by atoms with Crippen LogP contribution >= 0.6 is 0 Å². The van der Waals surface area contributed by atoms with E-state index in [2.05, 4.69) is 31.2 Å². The monoisotopic (exact) mass is 390 g/mol. The summed E-state index contributed by atoms with van der Waals surface area (Å²) in [5.41, 5.74) is 2.67. The number of nitrogens with one attached hydrogen (secondary N) is 1. The number of hydrogen-bond donors (Lipinski definition) is 2. The molecule has 0 bridgehead atoms. The van der Waals surface area contributed by atoms with Crippen molar-refractivity contribution in [2.75, 3.05) is 13.1 Å². The number of aryl methyl sites for hydroxylation is 2. The second kappa shape index (κ2) is 8.64. The van der Waals surface area contributed by atoms with Crippen molar-refractivity contribution in [2.24, 2.45) is 18.9 Å². The highest BCUT2D eigenvalue weighted by atomic mass is 16.3. The van der Waals surface area contributed by atoms with Gasteiger partial charge in [-0.05, 0) is 37.5 Å². The molecule has 156 valence electrons. The Morgan fingerprint density at radius 3 is 2.71 bits per heavy atom. The van der Waals surface area contributed by atoms with E-state index in [0.717, 1.165) is 36.9 Å². The quantitative estimate of drug-likeness (QED) is 0.774. The summed E-state index contributed by atoms with van der Waals surface area (Å²) in [6.07, 6.45) is 4.17. The first-order valence-electron chi connectivity index (χ1n) is 10.6. The standard InChI is InChI=1S/C21H34N4O3/c1-5-14(13(2)3)11-19(27)25-10-9-17(18(26)12-25)22-21(28)20-15-7-6-8-16(15)23-24(20)4/h13-14,17-18,26H,5-12H2,1-4H3,(H,22,28)/t14-,17+,18+/m1/s1. The van der Waals surface area contributed by atoms with E-state index in [0.29, 0.717) is 36.9 Å². The minimum absolute atomic E-state index is 0.105. The van der Waals surface area contributed by atoms with Crippen LogP contribution < -0.4 is 5.32 Å². The first-order valence-corrected chi connectivity index (χ1v) is 10.6. The lowest BCUT2D eigenvalue weighted by molar-refractivity contribution is -0.136. The fraction of sp³-hybridized carbons (Fsp3) is 0.762. The van der Waals surface area contributed by atoms with E-state index < -0.39 is 6.10 Å². The van der Waals surface area contributed by atoms with Crippen molar-refractivity contribution in [2.45, 2.75) is 71.4 Å². The zero-order chi connectivity index (χ0) is 20.4. The molecule has 1 fully saturated rings. The minimum atomic E-state index is -0.748. The molecule has 2 N–H and O–H groups in total. The maximum atomic E-state index is 12.8. The van der Waals surface area contributed by atoms with Gasteiger partial charge in [0.05, 0.1) is 17.8 Å². The van der Waals surface area contributed by atoms with Crippen LogP contribution in [0.1, 0.15) is 68.2 Å². The summed E-state index contributed by atoms with van der Waals surface area (Å²) in [5, 5.41) is 18.0. The summed E-state index contributed by atoms with van der Waals surface area (Å²) in [4.78, 5) is 27.2. The summed E-state index contributed by atoms with van der Waals surface area (Å²) >= 11 is 0. The van der Waals surface area contributed by atoms with Gasteiger partial charge >= 0.3 is 0 Å². The van der Waals surface area contributed by atoms with Crippen LogP contribution in [0.4, 0.5) is 0 Å². The number of carbonyl (C=O) groups excluding carboxylic acids is 2. The lowest BCUT2D eigenvalue weighted by Crippen LogP contribution is -2.55. The van der Waals surface area contributed by atoms with Crippen molar-refractivity contribution >= 4 is 11.8 Å². The SMILES string of the molecule is CC[C@H](CC(=O)N1CC[C@H](NC(=O)c2c3c(nn2C)CCC3)[C@@H](O)C1)C(C)C. The van der Waals surface area contributed by atoms with E-state index in [9.17, 15) is 14.7 Å². The van der Waals surface area contributed by atoms with E-state index in [1.165, 1.54) is 0 Å². The van der Waals surface area contributed by atoms with E-state index >= 15 is 0 Å². The Morgan fingerprint density at radius 2 is 2.07 bits per heavy atom. The fourth-order valence-electron chi connectivity index (χ4n) is 4.57. The Hall–Kier alpha value is -1.89. The van der Waals surface area contributed by atoms with Gasteiger partial charge in [0.25, 0.3) is 5.91 Å². The molecule has 7 nitrogen and oxygen atoms in total. The molecule has 1 aliphatic carbocycles. The van der Waals surface area contributed by atoms with Crippen LogP contribution in [0.15, 0.2) is 0 Å². The molecule has 1 saturated heterocycles. The summed E-state index contributed by atoms with van der Waals surface area (Å²) in [6, 6.07) is -0.337.